The maximum absolute atomic E-state index is 3.61. The fourth-order valence-corrected chi connectivity index (χ4v) is 2.44. The van der Waals surface area contributed by atoms with Crippen molar-refractivity contribution in [2.45, 2.75) is 19.3 Å². The van der Waals surface area contributed by atoms with Crippen LogP contribution in [-0.2, 0) is 6.42 Å². The maximum atomic E-state index is 3.61. The van der Waals surface area contributed by atoms with Crippen LogP contribution in [0.3, 0.4) is 0 Å². The first-order valence-corrected chi connectivity index (χ1v) is 5.93. The van der Waals surface area contributed by atoms with Gasteiger partial charge in [-0.2, -0.15) is 0 Å². The highest BCUT2D eigenvalue weighted by Crippen LogP contribution is 2.48. The minimum Gasteiger partial charge on any atom is -0.319 e. The molecule has 0 radical (unpaired) electrons. The van der Waals surface area contributed by atoms with Gasteiger partial charge < -0.3 is 5.32 Å². The highest BCUT2D eigenvalue weighted by atomic mass is 79.9. The molecular weight excluding hydrogens is 238 g/mol. The molecule has 76 valence electrons. The molecule has 14 heavy (non-hydrogen) atoms. The third-order valence-electron chi connectivity index (χ3n) is 3.03. The number of benzene rings is 1. The molecule has 1 aromatic carbocycles. The Balaban J connectivity index is 2.07. The lowest BCUT2D eigenvalue weighted by Gasteiger charge is -2.15. The summed E-state index contributed by atoms with van der Waals surface area (Å²) in [6.07, 6.45) is 3.94. The zero-order valence-electron chi connectivity index (χ0n) is 8.52. The molecule has 2 heteroatoms. The quantitative estimate of drug-likeness (QED) is 0.871. The Hall–Kier alpha value is -0.340. The van der Waals surface area contributed by atoms with E-state index in [0.29, 0.717) is 5.41 Å². The molecular formula is C12H16BrN. The van der Waals surface area contributed by atoms with Gasteiger partial charge >= 0.3 is 0 Å². The lowest BCUT2D eigenvalue weighted by molar-refractivity contribution is 0.477. The van der Waals surface area contributed by atoms with Crippen LogP contribution in [0.25, 0.3) is 0 Å². The van der Waals surface area contributed by atoms with E-state index < -0.39 is 0 Å². The molecule has 2 rings (SSSR count). The van der Waals surface area contributed by atoms with Gasteiger partial charge in [-0.15, -0.1) is 0 Å². The molecule has 0 aromatic heterocycles. The summed E-state index contributed by atoms with van der Waals surface area (Å²) in [5.41, 5.74) is 2.00. The van der Waals surface area contributed by atoms with Gasteiger partial charge in [-0.3, -0.25) is 0 Å². The van der Waals surface area contributed by atoms with Crippen LogP contribution in [0.4, 0.5) is 0 Å². The molecule has 0 atom stereocenters. The summed E-state index contributed by atoms with van der Waals surface area (Å²) >= 11 is 3.61. The van der Waals surface area contributed by atoms with Crippen molar-refractivity contribution in [2.75, 3.05) is 13.6 Å². The van der Waals surface area contributed by atoms with Crippen molar-refractivity contribution in [2.24, 2.45) is 5.41 Å². The highest BCUT2D eigenvalue weighted by Gasteiger charge is 2.41. The molecule has 0 heterocycles. The zero-order valence-corrected chi connectivity index (χ0v) is 10.1. The molecule has 1 aromatic rings. The van der Waals surface area contributed by atoms with Gasteiger partial charge in [0.05, 0.1) is 0 Å². The Kier molecular flexibility index (Phi) is 2.93. The predicted octanol–water partition coefficient (Wildman–Crippen LogP) is 2.99. The second-order valence-electron chi connectivity index (χ2n) is 4.30. The fourth-order valence-electron chi connectivity index (χ4n) is 2.01. The van der Waals surface area contributed by atoms with E-state index in [2.05, 4.69) is 45.5 Å². The third kappa shape index (κ3) is 2.18. The van der Waals surface area contributed by atoms with E-state index in [1.807, 2.05) is 7.05 Å². The number of hydrogen-bond donors (Lipinski definition) is 1. The standard InChI is InChI=1S/C12H16BrN/c1-14-9-12(6-7-12)8-10-4-2-3-5-11(10)13/h2-5,14H,6-9H2,1H3. The summed E-state index contributed by atoms with van der Waals surface area (Å²) in [5, 5.41) is 3.29. The maximum Gasteiger partial charge on any atom is 0.0207 e. The molecule has 0 saturated heterocycles. The zero-order chi connectivity index (χ0) is 10.0. The topological polar surface area (TPSA) is 12.0 Å². The molecule has 1 nitrogen and oxygen atoms in total. The molecule has 1 fully saturated rings. The first-order valence-electron chi connectivity index (χ1n) is 5.14. The largest absolute Gasteiger partial charge is 0.319 e. The molecule has 1 N–H and O–H groups in total. The van der Waals surface area contributed by atoms with Gasteiger partial charge in [-0.25, -0.2) is 0 Å². The van der Waals surface area contributed by atoms with E-state index in [-0.39, 0.29) is 0 Å². The van der Waals surface area contributed by atoms with Crippen molar-refractivity contribution in [3.05, 3.63) is 34.3 Å². The molecule has 1 aliphatic carbocycles. The van der Waals surface area contributed by atoms with E-state index in [1.165, 1.54) is 29.3 Å². The SMILES string of the molecule is CNCC1(Cc2ccccc2Br)CC1. The first kappa shape index (κ1) is 10.2. The van der Waals surface area contributed by atoms with Crippen LogP contribution in [0, 0.1) is 5.41 Å². The van der Waals surface area contributed by atoms with E-state index >= 15 is 0 Å². The van der Waals surface area contributed by atoms with Crippen LogP contribution in [0.15, 0.2) is 28.7 Å². The minimum atomic E-state index is 0.554. The Morgan fingerprint density at radius 3 is 2.64 bits per heavy atom. The number of hydrogen-bond acceptors (Lipinski definition) is 1. The van der Waals surface area contributed by atoms with Crippen molar-refractivity contribution in [3.8, 4) is 0 Å². The summed E-state index contributed by atoms with van der Waals surface area (Å²) in [4.78, 5) is 0. The van der Waals surface area contributed by atoms with E-state index in [4.69, 9.17) is 0 Å². The van der Waals surface area contributed by atoms with Crippen LogP contribution in [0.1, 0.15) is 18.4 Å². The van der Waals surface area contributed by atoms with Gasteiger partial charge in [0.1, 0.15) is 0 Å². The van der Waals surface area contributed by atoms with Gasteiger partial charge in [-0.05, 0) is 43.4 Å². The van der Waals surface area contributed by atoms with Gasteiger partial charge in [0, 0.05) is 11.0 Å². The number of rotatable bonds is 4. The van der Waals surface area contributed by atoms with E-state index in [1.54, 1.807) is 0 Å². The molecule has 0 aliphatic heterocycles. The van der Waals surface area contributed by atoms with Crippen molar-refractivity contribution >= 4 is 15.9 Å². The van der Waals surface area contributed by atoms with Crippen LogP contribution in [0.2, 0.25) is 0 Å². The average Bonchev–Trinajstić information content (AvgIpc) is 2.90. The van der Waals surface area contributed by atoms with Gasteiger partial charge in [0.15, 0.2) is 0 Å². The minimum absolute atomic E-state index is 0.554. The summed E-state index contributed by atoms with van der Waals surface area (Å²) in [6, 6.07) is 8.55. The van der Waals surface area contributed by atoms with E-state index in [0.717, 1.165) is 6.54 Å². The Labute approximate surface area is 94.0 Å². The monoisotopic (exact) mass is 253 g/mol. The highest BCUT2D eigenvalue weighted by molar-refractivity contribution is 9.10. The molecule has 0 bridgehead atoms. The van der Waals surface area contributed by atoms with Crippen molar-refractivity contribution in [3.63, 3.8) is 0 Å². The molecule has 0 amide bonds. The second-order valence-corrected chi connectivity index (χ2v) is 5.15. The van der Waals surface area contributed by atoms with Crippen molar-refractivity contribution < 1.29 is 0 Å². The third-order valence-corrected chi connectivity index (χ3v) is 3.81. The Morgan fingerprint density at radius 2 is 2.07 bits per heavy atom. The van der Waals surface area contributed by atoms with Crippen molar-refractivity contribution in [1.29, 1.82) is 0 Å². The average molecular weight is 254 g/mol. The van der Waals surface area contributed by atoms with Gasteiger partial charge in [-0.1, -0.05) is 34.1 Å². The van der Waals surface area contributed by atoms with Crippen LogP contribution in [0.5, 0.6) is 0 Å². The van der Waals surface area contributed by atoms with E-state index in [9.17, 15) is 0 Å². The summed E-state index contributed by atoms with van der Waals surface area (Å²) < 4.78 is 1.25. The molecule has 0 unspecified atom stereocenters. The lowest BCUT2D eigenvalue weighted by Crippen LogP contribution is -2.22. The van der Waals surface area contributed by atoms with Crippen molar-refractivity contribution in [1.82, 2.24) is 5.32 Å². The van der Waals surface area contributed by atoms with Gasteiger partial charge in [0.2, 0.25) is 0 Å². The number of halogens is 1. The Morgan fingerprint density at radius 1 is 1.36 bits per heavy atom. The molecule has 1 aliphatic rings. The normalized spacial score (nSPS) is 18.1. The number of nitrogens with one attached hydrogen (secondary N) is 1. The van der Waals surface area contributed by atoms with Crippen LogP contribution >= 0.6 is 15.9 Å². The second kappa shape index (κ2) is 4.03. The summed E-state index contributed by atoms with van der Waals surface area (Å²) in [7, 11) is 2.04. The fraction of sp³-hybridized carbons (Fsp3) is 0.500. The first-order chi connectivity index (χ1) is 6.76. The summed E-state index contributed by atoms with van der Waals surface area (Å²) in [6.45, 7) is 1.15. The summed E-state index contributed by atoms with van der Waals surface area (Å²) in [5.74, 6) is 0. The lowest BCUT2D eigenvalue weighted by atomic mass is 9.96. The van der Waals surface area contributed by atoms with Gasteiger partial charge in [0.25, 0.3) is 0 Å². The smallest absolute Gasteiger partial charge is 0.0207 e. The molecule has 1 saturated carbocycles. The van der Waals surface area contributed by atoms with Crippen LogP contribution in [-0.4, -0.2) is 13.6 Å². The Bertz CT molecular complexity index is 318. The van der Waals surface area contributed by atoms with Crippen LogP contribution < -0.4 is 5.32 Å². The molecule has 0 spiro atoms. The predicted molar refractivity (Wildman–Crippen MR) is 63.4 cm³/mol.